The van der Waals surface area contributed by atoms with Crippen LogP contribution in [0.25, 0.3) is 11.1 Å². The molecule has 1 amide bonds. The second kappa shape index (κ2) is 6.93. The fourth-order valence-electron chi connectivity index (χ4n) is 2.10. The highest BCUT2D eigenvalue weighted by atomic mass is 16.4. The van der Waals surface area contributed by atoms with Crippen LogP contribution in [0.2, 0.25) is 0 Å². The molecular weight excluding hydrogens is 296 g/mol. The Bertz CT molecular complexity index is 694. The van der Waals surface area contributed by atoms with Gasteiger partial charge in [-0.15, -0.1) is 0 Å². The number of carboxylic acid groups (broad SMARTS) is 1. The van der Waals surface area contributed by atoms with Gasteiger partial charge >= 0.3 is 5.97 Å². The van der Waals surface area contributed by atoms with E-state index in [9.17, 15) is 14.7 Å². The maximum Gasteiger partial charge on any atom is 0.328 e. The van der Waals surface area contributed by atoms with Crippen molar-refractivity contribution >= 4 is 17.6 Å². The number of carbonyl (C=O) groups excluding carboxylic acids is 1. The average Bonchev–Trinajstić information content (AvgIpc) is 2.52. The smallest absolute Gasteiger partial charge is 0.328 e. The third-order valence-corrected chi connectivity index (χ3v) is 3.43. The van der Waals surface area contributed by atoms with Crippen molar-refractivity contribution < 1.29 is 19.8 Å². The first-order valence-electron chi connectivity index (χ1n) is 7.06. The van der Waals surface area contributed by atoms with E-state index in [-0.39, 0.29) is 0 Å². The standard InChI is InChI=1S/C17H18N2O4/c1-10(20)15(17(22)23)19-16(21)13-4-2-11(3-5-13)12-6-8-14(18)9-7-12/h2-10,15,20H,18H2,1H3,(H,19,21)(H,22,23)/t10-,15+/m1/s1. The molecule has 6 nitrogen and oxygen atoms in total. The Kier molecular flexibility index (Phi) is 4.98. The number of nitrogen functional groups attached to an aromatic ring is 1. The summed E-state index contributed by atoms with van der Waals surface area (Å²) in [6, 6.07) is 12.7. The van der Waals surface area contributed by atoms with Gasteiger partial charge in [0.25, 0.3) is 5.91 Å². The van der Waals surface area contributed by atoms with Gasteiger partial charge in [0.1, 0.15) is 0 Å². The lowest BCUT2D eigenvalue weighted by atomic mass is 10.0. The van der Waals surface area contributed by atoms with Gasteiger partial charge in [0.05, 0.1) is 6.10 Å². The molecule has 0 aliphatic carbocycles. The van der Waals surface area contributed by atoms with Gasteiger partial charge in [0, 0.05) is 11.3 Å². The zero-order valence-corrected chi connectivity index (χ0v) is 12.6. The largest absolute Gasteiger partial charge is 0.480 e. The summed E-state index contributed by atoms with van der Waals surface area (Å²) in [5.74, 6) is -1.84. The van der Waals surface area contributed by atoms with Crippen molar-refractivity contribution in [3.8, 4) is 11.1 Å². The van der Waals surface area contributed by atoms with E-state index in [1.165, 1.54) is 6.92 Å². The van der Waals surface area contributed by atoms with Crippen LogP contribution in [0.5, 0.6) is 0 Å². The minimum atomic E-state index is -1.35. The molecule has 5 N–H and O–H groups in total. The summed E-state index contributed by atoms with van der Waals surface area (Å²) >= 11 is 0. The van der Waals surface area contributed by atoms with E-state index < -0.39 is 24.0 Å². The minimum Gasteiger partial charge on any atom is -0.480 e. The number of carboxylic acids is 1. The summed E-state index contributed by atoms with van der Waals surface area (Å²) in [5, 5.41) is 20.7. The van der Waals surface area contributed by atoms with Crippen LogP contribution in [0.3, 0.4) is 0 Å². The van der Waals surface area contributed by atoms with Crippen LogP contribution in [0.1, 0.15) is 17.3 Å². The van der Waals surface area contributed by atoms with Crippen LogP contribution in [-0.2, 0) is 4.79 Å². The molecule has 2 aromatic rings. The fourth-order valence-corrected chi connectivity index (χ4v) is 2.10. The molecule has 0 saturated carbocycles. The maximum atomic E-state index is 12.1. The third kappa shape index (κ3) is 4.08. The van der Waals surface area contributed by atoms with Crippen molar-refractivity contribution in [1.82, 2.24) is 5.32 Å². The Balaban J connectivity index is 2.14. The number of nitrogens with one attached hydrogen (secondary N) is 1. The van der Waals surface area contributed by atoms with E-state index in [2.05, 4.69) is 5.32 Å². The predicted molar refractivity (Wildman–Crippen MR) is 86.9 cm³/mol. The van der Waals surface area contributed by atoms with Gasteiger partial charge in [-0.1, -0.05) is 24.3 Å². The number of aliphatic hydroxyl groups excluding tert-OH is 1. The monoisotopic (exact) mass is 314 g/mol. The Hall–Kier alpha value is -2.86. The number of anilines is 1. The molecule has 6 heteroatoms. The quantitative estimate of drug-likeness (QED) is 0.625. The first-order chi connectivity index (χ1) is 10.9. The second-order valence-corrected chi connectivity index (χ2v) is 5.23. The van der Waals surface area contributed by atoms with E-state index in [4.69, 9.17) is 10.8 Å². The van der Waals surface area contributed by atoms with Gasteiger partial charge in [-0.2, -0.15) is 0 Å². The van der Waals surface area contributed by atoms with Crippen molar-refractivity contribution in [2.75, 3.05) is 5.73 Å². The molecule has 0 aromatic heterocycles. The summed E-state index contributed by atoms with van der Waals surface area (Å²) < 4.78 is 0. The number of hydrogen-bond acceptors (Lipinski definition) is 4. The van der Waals surface area contributed by atoms with Crippen molar-refractivity contribution in [3.05, 3.63) is 54.1 Å². The Morgan fingerprint density at radius 2 is 1.48 bits per heavy atom. The van der Waals surface area contributed by atoms with Crippen molar-refractivity contribution in [3.63, 3.8) is 0 Å². The number of carbonyl (C=O) groups is 2. The highest BCUT2D eigenvalue weighted by molar-refractivity contribution is 5.97. The number of aliphatic carboxylic acids is 1. The van der Waals surface area contributed by atoms with E-state index >= 15 is 0 Å². The zero-order chi connectivity index (χ0) is 17.0. The highest BCUT2D eigenvalue weighted by Crippen LogP contribution is 2.21. The Morgan fingerprint density at radius 3 is 1.91 bits per heavy atom. The van der Waals surface area contributed by atoms with Crippen LogP contribution in [-0.4, -0.2) is 34.2 Å². The van der Waals surface area contributed by atoms with E-state index in [1.54, 1.807) is 36.4 Å². The average molecular weight is 314 g/mol. The van der Waals surface area contributed by atoms with Gasteiger partial charge in [-0.05, 0) is 42.3 Å². The molecule has 2 atom stereocenters. The lowest BCUT2D eigenvalue weighted by Gasteiger charge is -2.17. The predicted octanol–water partition coefficient (Wildman–Crippen LogP) is 1.50. The first kappa shape index (κ1) is 16.5. The number of aliphatic hydroxyl groups is 1. The van der Waals surface area contributed by atoms with Gasteiger partial charge in [-0.25, -0.2) is 4.79 Å². The summed E-state index contributed by atoms with van der Waals surface area (Å²) in [4.78, 5) is 23.0. The molecule has 0 aliphatic rings. The van der Waals surface area contributed by atoms with Gasteiger partial charge in [0.15, 0.2) is 6.04 Å². The summed E-state index contributed by atoms with van der Waals surface area (Å²) in [6.07, 6.45) is -1.19. The molecule has 0 spiro atoms. The molecule has 0 radical (unpaired) electrons. The van der Waals surface area contributed by atoms with Gasteiger partial charge in [-0.3, -0.25) is 4.79 Å². The number of hydrogen-bond donors (Lipinski definition) is 4. The molecule has 0 saturated heterocycles. The second-order valence-electron chi connectivity index (χ2n) is 5.23. The van der Waals surface area contributed by atoms with Gasteiger partial charge < -0.3 is 21.3 Å². The molecule has 23 heavy (non-hydrogen) atoms. The van der Waals surface area contributed by atoms with Crippen molar-refractivity contribution in [2.45, 2.75) is 19.1 Å². The lowest BCUT2D eigenvalue weighted by Crippen LogP contribution is -2.47. The SMILES string of the molecule is C[C@@H](O)[C@H](NC(=O)c1ccc(-c2ccc(N)cc2)cc1)C(=O)O. The van der Waals surface area contributed by atoms with Crippen LogP contribution in [0.15, 0.2) is 48.5 Å². The van der Waals surface area contributed by atoms with E-state index in [1.807, 2.05) is 12.1 Å². The molecule has 2 rings (SSSR count). The molecule has 120 valence electrons. The van der Waals surface area contributed by atoms with Crippen molar-refractivity contribution in [1.29, 1.82) is 0 Å². The number of amides is 1. The fraction of sp³-hybridized carbons (Fsp3) is 0.176. The normalized spacial score (nSPS) is 13.1. The molecule has 2 aromatic carbocycles. The van der Waals surface area contributed by atoms with Crippen LogP contribution >= 0.6 is 0 Å². The van der Waals surface area contributed by atoms with E-state index in [0.29, 0.717) is 11.3 Å². The molecule has 0 aliphatic heterocycles. The maximum absolute atomic E-state index is 12.1. The van der Waals surface area contributed by atoms with Crippen LogP contribution < -0.4 is 11.1 Å². The molecule has 0 heterocycles. The number of nitrogens with two attached hydrogens (primary N) is 1. The third-order valence-electron chi connectivity index (χ3n) is 3.43. The minimum absolute atomic E-state index is 0.316. The first-order valence-corrected chi connectivity index (χ1v) is 7.06. The van der Waals surface area contributed by atoms with Crippen LogP contribution in [0, 0.1) is 0 Å². The molecular formula is C17H18N2O4. The molecule has 0 fully saturated rings. The number of rotatable bonds is 5. The number of benzene rings is 2. The summed E-state index contributed by atoms with van der Waals surface area (Å²) in [5.41, 5.74) is 8.49. The Morgan fingerprint density at radius 1 is 1.00 bits per heavy atom. The lowest BCUT2D eigenvalue weighted by molar-refractivity contribution is -0.141. The zero-order valence-electron chi connectivity index (χ0n) is 12.6. The Labute approximate surface area is 133 Å². The topological polar surface area (TPSA) is 113 Å². The van der Waals surface area contributed by atoms with Gasteiger partial charge in [0.2, 0.25) is 0 Å². The molecule has 0 bridgehead atoms. The van der Waals surface area contributed by atoms with Crippen LogP contribution in [0.4, 0.5) is 5.69 Å². The molecule has 0 unspecified atom stereocenters. The van der Waals surface area contributed by atoms with Crippen molar-refractivity contribution in [2.24, 2.45) is 0 Å². The van der Waals surface area contributed by atoms with E-state index in [0.717, 1.165) is 11.1 Å². The summed E-state index contributed by atoms with van der Waals surface area (Å²) in [7, 11) is 0. The highest BCUT2D eigenvalue weighted by Gasteiger charge is 2.25. The summed E-state index contributed by atoms with van der Waals surface area (Å²) in [6.45, 7) is 1.31.